The molecule has 6 nitrogen and oxygen atoms in total. The van der Waals surface area contributed by atoms with Gasteiger partial charge in [0.25, 0.3) is 0 Å². The van der Waals surface area contributed by atoms with E-state index in [0.29, 0.717) is 0 Å². The standard InChI is InChI=1S/C8H9NO5S/c9-15(12,13)5-14-8(11)6-3-1-2-4-7(6)10/h1-4,10H,5H2,(H2,9,12,13). The lowest BCUT2D eigenvalue weighted by atomic mass is 10.2. The smallest absolute Gasteiger partial charge is 0.342 e. The molecule has 0 aliphatic heterocycles. The highest BCUT2D eigenvalue weighted by Gasteiger charge is 2.14. The van der Waals surface area contributed by atoms with Gasteiger partial charge in [0.2, 0.25) is 16.0 Å². The number of rotatable bonds is 3. The summed E-state index contributed by atoms with van der Waals surface area (Å²) < 4.78 is 25.3. The Morgan fingerprint density at radius 1 is 1.40 bits per heavy atom. The zero-order chi connectivity index (χ0) is 11.5. The Kier molecular flexibility index (Phi) is 3.28. The van der Waals surface area contributed by atoms with E-state index < -0.39 is 21.9 Å². The van der Waals surface area contributed by atoms with Crippen LogP contribution in [0, 0.1) is 0 Å². The first-order valence-corrected chi connectivity index (χ1v) is 5.57. The lowest BCUT2D eigenvalue weighted by molar-refractivity contribution is 0.0568. The number of para-hydroxylation sites is 1. The summed E-state index contributed by atoms with van der Waals surface area (Å²) >= 11 is 0. The summed E-state index contributed by atoms with van der Waals surface area (Å²) in [6.07, 6.45) is 0. The molecule has 1 aromatic carbocycles. The van der Waals surface area contributed by atoms with E-state index in [9.17, 15) is 18.3 Å². The maximum absolute atomic E-state index is 11.2. The van der Waals surface area contributed by atoms with E-state index in [1.54, 1.807) is 0 Å². The van der Waals surface area contributed by atoms with Gasteiger partial charge in [-0.3, -0.25) is 0 Å². The molecule has 0 aliphatic rings. The predicted molar refractivity (Wildman–Crippen MR) is 51.5 cm³/mol. The Morgan fingerprint density at radius 3 is 2.53 bits per heavy atom. The molecule has 0 spiro atoms. The zero-order valence-corrected chi connectivity index (χ0v) is 8.40. The number of esters is 1. The number of hydrogen-bond donors (Lipinski definition) is 2. The molecule has 1 rings (SSSR count). The van der Waals surface area contributed by atoms with Gasteiger partial charge in [0, 0.05) is 0 Å². The van der Waals surface area contributed by atoms with Gasteiger partial charge in [-0.25, -0.2) is 18.4 Å². The van der Waals surface area contributed by atoms with Crippen molar-refractivity contribution < 1.29 is 23.1 Å². The molecule has 0 radical (unpaired) electrons. The third kappa shape index (κ3) is 3.56. The van der Waals surface area contributed by atoms with Crippen LogP contribution in [0.5, 0.6) is 5.75 Å². The maximum Gasteiger partial charge on any atom is 0.342 e. The third-order valence-corrected chi connectivity index (χ3v) is 1.92. The van der Waals surface area contributed by atoms with E-state index in [0.717, 1.165) is 0 Å². The van der Waals surface area contributed by atoms with Crippen LogP contribution in [0.25, 0.3) is 0 Å². The molecule has 0 amide bonds. The summed E-state index contributed by atoms with van der Waals surface area (Å²) in [4.78, 5) is 11.2. The molecule has 0 aromatic heterocycles. The number of hydrogen-bond acceptors (Lipinski definition) is 5. The van der Waals surface area contributed by atoms with Crippen LogP contribution in [0.3, 0.4) is 0 Å². The van der Waals surface area contributed by atoms with Crippen molar-refractivity contribution >= 4 is 16.0 Å². The average Bonchev–Trinajstić information content (AvgIpc) is 2.14. The topological polar surface area (TPSA) is 107 Å². The van der Waals surface area contributed by atoms with Crippen LogP contribution in [0.2, 0.25) is 0 Å². The van der Waals surface area contributed by atoms with E-state index in [1.165, 1.54) is 24.3 Å². The predicted octanol–water partition coefficient (Wildman–Crippen LogP) is -0.205. The normalized spacial score (nSPS) is 11.0. The fourth-order valence-corrected chi connectivity index (χ4v) is 1.13. The van der Waals surface area contributed by atoms with Gasteiger partial charge in [-0.15, -0.1) is 0 Å². The number of carbonyl (C=O) groups is 1. The largest absolute Gasteiger partial charge is 0.507 e. The summed E-state index contributed by atoms with van der Waals surface area (Å²) in [5.74, 6) is -2.14. The van der Waals surface area contributed by atoms with Crippen molar-refractivity contribution in [2.24, 2.45) is 5.14 Å². The van der Waals surface area contributed by atoms with Crippen LogP contribution >= 0.6 is 0 Å². The Labute approximate surface area is 86.3 Å². The highest BCUT2D eigenvalue weighted by atomic mass is 32.2. The van der Waals surface area contributed by atoms with Crippen molar-refractivity contribution in [1.82, 2.24) is 0 Å². The molecule has 0 unspecified atom stereocenters. The molecule has 0 saturated heterocycles. The second kappa shape index (κ2) is 4.28. The molecular formula is C8H9NO5S. The first kappa shape index (κ1) is 11.5. The van der Waals surface area contributed by atoms with Gasteiger partial charge in [0.05, 0.1) is 0 Å². The number of primary sulfonamides is 1. The minimum Gasteiger partial charge on any atom is -0.507 e. The number of benzene rings is 1. The molecule has 0 heterocycles. The van der Waals surface area contributed by atoms with Crippen LogP contribution in [-0.4, -0.2) is 25.4 Å². The van der Waals surface area contributed by atoms with Crippen molar-refractivity contribution in [2.75, 3.05) is 5.94 Å². The van der Waals surface area contributed by atoms with E-state index in [4.69, 9.17) is 0 Å². The van der Waals surface area contributed by atoms with Gasteiger partial charge in [0.1, 0.15) is 11.3 Å². The number of phenolic OH excluding ortho intramolecular Hbond substituents is 1. The fraction of sp³-hybridized carbons (Fsp3) is 0.125. The van der Waals surface area contributed by atoms with Crippen molar-refractivity contribution in [2.45, 2.75) is 0 Å². The van der Waals surface area contributed by atoms with Crippen LogP contribution < -0.4 is 5.14 Å². The monoisotopic (exact) mass is 231 g/mol. The van der Waals surface area contributed by atoms with E-state index in [2.05, 4.69) is 9.88 Å². The van der Waals surface area contributed by atoms with Crippen LogP contribution in [-0.2, 0) is 14.8 Å². The molecule has 3 N–H and O–H groups in total. The van der Waals surface area contributed by atoms with Gasteiger partial charge in [-0.05, 0) is 12.1 Å². The minimum absolute atomic E-state index is 0.110. The average molecular weight is 231 g/mol. The van der Waals surface area contributed by atoms with Gasteiger partial charge in [0.15, 0.2) is 0 Å². The number of sulfonamides is 1. The van der Waals surface area contributed by atoms with Crippen LogP contribution in [0.15, 0.2) is 24.3 Å². The van der Waals surface area contributed by atoms with Crippen molar-refractivity contribution in [3.05, 3.63) is 29.8 Å². The Balaban J connectivity index is 2.75. The van der Waals surface area contributed by atoms with E-state index in [-0.39, 0.29) is 11.3 Å². The van der Waals surface area contributed by atoms with Crippen molar-refractivity contribution in [3.63, 3.8) is 0 Å². The summed E-state index contributed by atoms with van der Waals surface area (Å²) in [6, 6.07) is 5.62. The van der Waals surface area contributed by atoms with E-state index in [1.807, 2.05) is 0 Å². The lowest BCUT2D eigenvalue weighted by Crippen LogP contribution is -2.21. The highest BCUT2D eigenvalue weighted by molar-refractivity contribution is 7.88. The van der Waals surface area contributed by atoms with Gasteiger partial charge < -0.3 is 9.84 Å². The zero-order valence-electron chi connectivity index (χ0n) is 7.58. The number of ether oxygens (including phenoxy) is 1. The molecule has 0 saturated carbocycles. The summed E-state index contributed by atoms with van der Waals surface area (Å²) in [7, 11) is -3.86. The van der Waals surface area contributed by atoms with Gasteiger partial charge in [-0.1, -0.05) is 12.1 Å². The van der Waals surface area contributed by atoms with Gasteiger partial charge in [-0.2, -0.15) is 0 Å². The first-order chi connectivity index (χ1) is 6.90. The molecule has 0 fully saturated rings. The summed E-state index contributed by atoms with van der Waals surface area (Å²) in [5.41, 5.74) is -0.110. The Bertz CT molecular complexity index is 468. The van der Waals surface area contributed by atoms with Crippen molar-refractivity contribution in [1.29, 1.82) is 0 Å². The number of carbonyl (C=O) groups excluding carboxylic acids is 1. The molecule has 82 valence electrons. The molecule has 1 aromatic rings. The Morgan fingerprint density at radius 2 is 2.00 bits per heavy atom. The maximum atomic E-state index is 11.2. The molecule has 7 heteroatoms. The highest BCUT2D eigenvalue weighted by Crippen LogP contribution is 2.16. The summed E-state index contributed by atoms with van der Waals surface area (Å²) in [6.45, 7) is 0. The molecule has 0 atom stereocenters. The van der Waals surface area contributed by atoms with Crippen LogP contribution in [0.1, 0.15) is 10.4 Å². The number of nitrogens with two attached hydrogens (primary N) is 1. The molecular weight excluding hydrogens is 222 g/mol. The van der Waals surface area contributed by atoms with Crippen molar-refractivity contribution in [3.8, 4) is 5.75 Å². The minimum atomic E-state index is -3.86. The number of phenols is 1. The second-order valence-corrected chi connectivity index (χ2v) is 4.29. The molecule has 15 heavy (non-hydrogen) atoms. The first-order valence-electron chi connectivity index (χ1n) is 3.86. The van der Waals surface area contributed by atoms with E-state index >= 15 is 0 Å². The quantitative estimate of drug-likeness (QED) is 0.700. The van der Waals surface area contributed by atoms with Crippen LogP contribution in [0.4, 0.5) is 0 Å². The Hall–Kier alpha value is -1.60. The summed E-state index contributed by atoms with van der Waals surface area (Å²) in [5, 5.41) is 13.9. The molecule has 0 aliphatic carbocycles. The fourth-order valence-electron chi connectivity index (χ4n) is 0.860. The third-order valence-electron chi connectivity index (χ3n) is 1.48. The number of aromatic hydroxyl groups is 1. The molecule has 0 bridgehead atoms. The van der Waals surface area contributed by atoms with Gasteiger partial charge >= 0.3 is 5.97 Å². The second-order valence-electron chi connectivity index (χ2n) is 2.73. The lowest BCUT2D eigenvalue weighted by Gasteiger charge is -2.04. The SMILES string of the molecule is NS(=O)(=O)COC(=O)c1ccccc1O.